The van der Waals surface area contributed by atoms with Crippen molar-refractivity contribution < 1.29 is 22.0 Å². The summed E-state index contributed by atoms with van der Waals surface area (Å²) in [6.45, 7) is 3.38. The second-order valence-electron chi connectivity index (χ2n) is 6.01. The van der Waals surface area contributed by atoms with E-state index in [0.717, 1.165) is 0 Å². The first-order valence-corrected chi connectivity index (χ1v) is 9.33. The highest BCUT2D eigenvalue weighted by atomic mass is 32.2. The summed E-state index contributed by atoms with van der Waals surface area (Å²) in [5, 5.41) is 8.40. The summed E-state index contributed by atoms with van der Waals surface area (Å²) in [6.07, 6.45) is 0. The number of benzene rings is 2. The van der Waals surface area contributed by atoms with Crippen molar-refractivity contribution in [2.75, 3.05) is 0 Å². The fourth-order valence-corrected chi connectivity index (χ4v) is 3.28. The normalized spacial score (nSPS) is 12.9. The molecule has 26 heavy (non-hydrogen) atoms. The summed E-state index contributed by atoms with van der Waals surface area (Å²) in [4.78, 5) is 12.5. The first-order valence-electron chi connectivity index (χ1n) is 7.79. The molecule has 8 heteroatoms. The van der Waals surface area contributed by atoms with Gasteiger partial charge in [-0.2, -0.15) is 0 Å². The molecular weight excluding hydrogens is 359 g/mol. The quantitative estimate of drug-likeness (QED) is 0.730. The van der Waals surface area contributed by atoms with Crippen molar-refractivity contribution in [2.24, 2.45) is 5.14 Å². The standard InChI is InChI=1S/C18H17FN2O4S/c1-10-15-9-13(19)6-7-16(15)25-17(10)18(22)21-11(2)12-4-3-5-14(8-12)26(20,23)24/h3-9,11H,1-2H3,(H,21,22)(H2,20,23,24). The molecule has 2 aromatic carbocycles. The number of primary sulfonamides is 1. The molecule has 0 fully saturated rings. The van der Waals surface area contributed by atoms with Gasteiger partial charge in [-0.05, 0) is 49.7 Å². The van der Waals surface area contributed by atoms with E-state index in [1.165, 1.54) is 30.3 Å². The molecule has 0 aliphatic rings. The lowest BCUT2D eigenvalue weighted by atomic mass is 10.1. The highest BCUT2D eigenvalue weighted by Crippen LogP contribution is 2.26. The average molecular weight is 376 g/mol. The number of carbonyl (C=O) groups is 1. The van der Waals surface area contributed by atoms with Crippen molar-refractivity contribution in [1.29, 1.82) is 0 Å². The van der Waals surface area contributed by atoms with Crippen molar-refractivity contribution in [3.63, 3.8) is 0 Å². The number of hydrogen-bond acceptors (Lipinski definition) is 4. The third-order valence-corrected chi connectivity index (χ3v) is 5.05. The Morgan fingerprint density at radius 3 is 2.65 bits per heavy atom. The minimum absolute atomic E-state index is 0.0357. The highest BCUT2D eigenvalue weighted by molar-refractivity contribution is 7.89. The summed E-state index contributed by atoms with van der Waals surface area (Å²) < 4.78 is 41.9. The number of nitrogens with two attached hydrogens (primary N) is 1. The highest BCUT2D eigenvalue weighted by Gasteiger charge is 2.20. The zero-order valence-corrected chi connectivity index (χ0v) is 14.9. The van der Waals surface area contributed by atoms with Crippen LogP contribution in [0.4, 0.5) is 4.39 Å². The van der Waals surface area contributed by atoms with E-state index in [0.29, 0.717) is 22.1 Å². The van der Waals surface area contributed by atoms with Crippen LogP contribution in [0, 0.1) is 12.7 Å². The molecule has 0 aliphatic carbocycles. The van der Waals surface area contributed by atoms with Gasteiger partial charge < -0.3 is 9.73 Å². The van der Waals surface area contributed by atoms with Gasteiger partial charge in [-0.15, -0.1) is 0 Å². The van der Waals surface area contributed by atoms with Crippen LogP contribution in [0.25, 0.3) is 11.0 Å². The number of nitrogens with one attached hydrogen (secondary N) is 1. The Labute approximate surface area is 149 Å². The van der Waals surface area contributed by atoms with E-state index >= 15 is 0 Å². The Morgan fingerprint density at radius 2 is 1.96 bits per heavy atom. The number of amides is 1. The predicted molar refractivity (Wildman–Crippen MR) is 94.6 cm³/mol. The minimum atomic E-state index is -3.83. The Kier molecular flexibility index (Phi) is 4.55. The van der Waals surface area contributed by atoms with Crippen LogP contribution in [0.1, 0.15) is 34.6 Å². The van der Waals surface area contributed by atoms with Crippen LogP contribution in [-0.2, 0) is 10.0 Å². The van der Waals surface area contributed by atoms with Gasteiger partial charge in [-0.3, -0.25) is 4.79 Å². The molecule has 1 atom stereocenters. The number of hydrogen-bond donors (Lipinski definition) is 2. The molecule has 3 rings (SSSR count). The SMILES string of the molecule is Cc1c(C(=O)NC(C)c2cccc(S(N)(=O)=O)c2)oc2ccc(F)cc12. The van der Waals surface area contributed by atoms with Gasteiger partial charge in [-0.1, -0.05) is 12.1 Å². The molecule has 0 spiro atoms. The lowest BCUT2D eigenvalue weighted by molar-refractivity contribution is 0.0913. The van der Waals surface area contributed by atoms with Crippen LogP contribution >= 0.6 is 0 Å². The lowest BCUT2D eigenvalue weighted by Gasteiger charge is -2.14. The smallest absolute Gasteiger partial charge is 0.287 e. The van der Waals surface area contributed by atoms with E-state index in [4.69, 9.17) is 9.56 Å². The van der Waals surface area contributed by atoms with E-state index in [9.17, 15) is 17.6 Å². The van der Waals surface area contributed by atoms with Crippen LogP contribution in [0.3, 0.4) is 0 Å². The Morgan fingerprint density at radius 1 is 1.23 bits per heavy atom. The van der Waals surface area contributed by atoms with Crippen molar-refractivity contribution in [2.45, 2.75) is 24.8 Å². The minimum Gasteiger partial charge on any atom is -0.451 e. The number of aryl methyl sites for hydroxylation is 1. The maximum absolute atomic E-state index is 13.4. The van der Waals surface area contributed by atoms with Gasteiger partial charge in [0.2, 0.25) is 10.0 Å². The van der Waals surface area contributed by atoms with Crippen molar-refractivity contribution in [1.82, 2.24) is 5.32 Å². The zero-order chi connectivity index (χ0) is 19.1. The van der Waals surface area contributed by atoms with Crippen LogP contribution in [-0.4, -0.2) is 14.3 Å². The Hall–Kier alpha value is -2.71. The molecule has 6 nitrogen and oxygen atoms in total. The third kappa shape index (κ3) is 3.47. The molecule has 1 aromatic heterocycles. The van der Waals surface area contributed by atoms with Gasteiger partial charge in [0, 0.05) is 10.9 Å². The predicted octanol–water partition coefficient (Wildman–Crippen LogP) is 3.02. The summed E-state index contributed by atoms with van der Waals surface area (Å²) in [5.41, 5.74) is 1.52. The first-order chi connectivity index (χ1) is 12.2. The number of carbonyl (C=O) groups excluding carboxylic acids is 1. The largest absolute Gasteiger partial charge is 0.451 e. The molecule has 0 saturated carbocycles. The lowest BCUT2D eigenvalue weighted by Crippen LogP contribution is -2.27. The molecule has 136 valence electrons. The third-order valence-electron chi connectivity index (χ3n) is 4.14. The molecule has 1 heterocycles. The summed E-state index contributed by atoms with van der Waals surface area (Å²) in [7, 11) is -3.83. The van der Waals surface area contributed by atoms with Gasteiger partial charge in [0.05, 0.1) is 10.9 Å². The second kappa shape index (κ2) is 6.54. The van der Waals surface area contributed by atoms with Crippen molar-refractivity contribution in [3.05, 3.63) is 65.2 Å². The van der Waals surface area contributed by atoms with Crippen LogP contribution < -0.4 is 10.5 Å². The van der Waals surface area contributed by atoms with Gasteiger partial charge in [0.1, 0.15) is 11.4 Å². The van der Waals surface area contributed by atoms with E-state index < -0.39 is 27.8 Å². The topological polar surface area (TPSA) is 102 Å². The summed E-state index contributed by atoms with van der Waals surface area (Å²) in [6, 6.07) is 9.56. The molecule has 0 saturated heterocycles. The van der Waals surface area contributed by atoms with Gasteiger partial charge in [0.15, 0.2) is 5.76 Å². The zero-order valence-electron chi connectivity index (χ0n) is 14.1. The number of rotatable bonds is 4. The van der Waals surface area contributed by atoms with Crippen molar-refractivity contribution >= 4 is 26.9 Å². The number of fused-ring (bicyclic) bond motifs is 1. The summed E-state index contributed by atoms with van der Waals surface area (Å²) in [5.74, 6) is -0.811. The van der Waals surface area contributed by atoms with Crippen LogP contribution in [0.5, 0.6) is 0 Å². The molecule has 0 radical (unpaired) electrons. The van der Waals surface area contributed by atoms with E-state index in [1.54, 1.807) is 26.0 Å². The maximum Gasteiger partial charge on any atom is 0.287 e. The monoisotopic (exact) mass is 376 g/mol. The van der Waals surface area contributed by atoms with Crippen LogP contribution in [0.2, 0.25) is 0 Å². The molecule has 1 amide bonds. The van der Waals surface area contributed by atoms with E-state index in [2.05, 4.69) is 5.32 Å². The maximum atomic E-state index is 13.4. The van der Waals surface area contributed by atoms with Crippen molar-refractivity contribution in [3.8, 4) is 0 Å². The Bertz CT molecular complexity index is 1110. The number of sulfonamides is 1. The second-order valence-corrected chi connectivity index (χ2v) is 7.57. The fraction of sp³-hybridized carbons (Fsp3) is 0.167. The number of halogens is 1. The molecule has 3 N–H and O–H groups in total. The average Bonchev–Trinajstić information content (AvgIpc) is 2.91. The molecule has 1 unspecified atom stereocenters. The number of furan rings is 1. The molecule has 3 aromatic rings. The van der Waals surface area contributed by atoms with E-state index in [1.807, 2.05) is 0 Å². The first kappa shape index (κ1) is 18.1. The molecule has 0 bridgehead atoms. The van der Waals surface area contributed by atoms with E-state index in [-0.39, 0.29) is 10.7 Å². The Balaban J connectivity index is 1.87. The van der Waals surface area contributed by atoms with Gasteiger partial charge in [-0.25, -0.2) is 17.9 Å². The summed E-state index contributed by atoms with van der Waals surface area (Å²) >= 11 is 0. The van der Waals surface area contributed by atoms with Gasteiger partial charge in [0.25, 0.3) is 5.91 Å². The molecular formula is C18H17FN2O4S. The van der Waals surface area contributed by atoms with Crippen LogP contribution in [0.15, 0.2) is 51.8 Å². The fourth-order valence-electron chi connectivity index (χ4n) is 2.72. The molecule has 0 aliphatic heterocycles. The van der Waals surface area contributed by atoms with Gasteiger partial charge >= 0.3 is 0 Å².